The highest BCUT2D eigenvalue weighted by Crippen LogP contribution is 2.18. The molecule has 0 unspecified atom stereocenters. The van der Waals surface area contributed by atoms with Crippen LogP contribution >= 0.6 is 24.8 Å². The van der Waals surface area contributed by atoms with Crippen LogP contribution in [0.1, 0.15) is 30.8 Å². The minimum atomic E-state index is 0. The van der Waals surface area contributed by atoms with Gasteiger partial charge in [-0.05, 0) is 33.7 Å². The number of hydrogen-bond acceptors (Lipinski definition) is 5. The fraction of sp³-hybridized carbons (Fsp3) is 0.667. The molecule has 0 spiro atoms. The second-order valence-corrected chi connectivity index (χ2v) is 5.60. The molecule has 1 aromatic rings. The minimum Gasteiger partial charge on any atom is -0.356 e. The first-order chi connectivity index (χ1) is 10.1. The highest BCUT2D eigenvalue weighted by atomic mass is 35.5. The Morgan fingerprint density at radius 2 is 1.91 bits per heavy atom. The molecule has 1 amide bonds. The Morgan fingerprint density at radius 3 is 2.48 bits per heavy atom. The van der Waals surface area contributed by atoms with E-state index < -0.39 is 0 Å². The van der Waals surface area contributed by atoms with Crippen molar-refractivity contribution in [3.63, 3.8) is 0 Å². The highest BCUT2D eigenvalue weighted by Gasteiger charge is 2.21. The van der Waals surface area contributed by atoms with Crippen molar-refractivity contribution in [2.24, 2.45) is 0 Å². The van der Waals surface area contributed by atoms with E-state index >= 15 is 0 Å². The molecular weight excluding hydrogens is 337 g/mol. The molecule has 0 saturated carbocycles. The van der Waals surface area contributed by atoms with E-state index in [2.05, 4.69) is 25.5 Å². The lowest BCUT2D eigenvalue weighted by Gasteiger charge is -2.33. The van der Waals surface area contributed by atoms with E-state index in [9.17, 15) is 4.79 Å². The van der Waals surface area contributed by atoms with Crippen LogP contribution in [-0.4, -0.2) is 48.6 Å². The monoisotopic (exact) mass is 363 g/mol. The third-order valence-corrected chi connectivity index (χ3v) is 3.74. The van der Waals surface area contributed by atoms with Gasteiger partial charge in [-0.3, -0.25) is 4.79 Å². The van der Waals surface area contributed by atoms with Crippen LogP contribution in [0.4, 0.5) is 5.82 Å². The Balaban J connectivity index is 0.00000242. The summed E-state index contributed by atoms with van der Waals surface area (Å²) in [7, 11) is 1.86. The first-order valence-electron chi connectivity index (χ1n) is 7.59. The van der Waals surface area contributed by atoms with E-state index in [1.807, 2.05) is 27.0 Å². The van der Waals surface area contributed by atoms with Crippen LogP contribution in [0, 0.1) is 13.8 Å². The van der Waals surface area contributed by atoms with Gasteiger partial charge in [-0.15, -0.1) is 24.8 Å². The Labute approximate surface area is 150 Å². The third kappa shape index (κ3) is 6.89. The lowest BCUT2D eigenvalue weighted by atomic mass is 10.0. The number of aromatic nitrogens is 2. The summed E-state index contributed by atoms with van der Waals surface area (Å²) in [5.74, 6) is 1.95. The predicted octanol–water partition coefficient (Wildman–Crippen LogP) is 1.63. The lowest BCUT2D eigenvalue weighted by Crippen LogP contribution is -2.45. The number of halogens is 2. The fourth-order valence-corrected chi connectivity index (χ4v) is 2.65. The zero-order valence-electron chi connectivity index (χ0n) is 14.0. The maximum atomic E-state index is 11.7. The molecular formula is C15H27Cl2N5O. The SMILES string of the molecule is CNCCC(=O)NC1CCN(c2cc(C)nc(C)n2)CC1.Cl.Cl. The largest absolute Gasteiger partial charge is 0.356 e. The lowest BCUT2D eigenvalue weighted by molar-refractivity contribution is -0.121. The van der Waals surface area contributed by atoms with Gasteiger partial charge in [0.15, 0.2) is 0 Å². The van der Waals surface area contributed by atoms with Crippen LogP contribution in [-0.2, 0) is 4.79 Å². The Kier molecular flexibility index (Phi) is 10.1. The number of carbonyl (C=O) groups excluding carboxylic acids is 1. The van der Waals surface area contributed by atoms with Crippen LogP contribution in [0.5, 0.6) is 0 Å². The molecule has 2 N–H and O–H groups in total. The summed E-state index contributed by atoms with van der Waals surface area (Å²) >= 11 is 0. The smallest absolute Gasteiger partial charge is 0.221 e. The van der Waals surface area contributed by atoms with Gasteiger partial charge in [0.05, 0.1) is 0 Å². The van der Waals surface area contributed by atoms with Crippen LogP contribution in [0.2, 0.25) is 0 Å². The number of rotatable bonds is 5. The molecule has 0 aromatic carbocycles. The number of amides is 1. The number of aryl methyl sites for hydroxylation is 2. The molecule has 2 heterocycles. The normalized spacial score (nSPS) is 14.7. The highest BCUT2D eigenvalue weighted by molar-refractivity contribution is 5.85. The molecule has 1 fully saturated rings. The molecule has 6 nitrogen and oxygen atoms in total. The summed E-state index contributed by atoms with van der Waals surface area (Å²) in [6.45, 7) is 6.49. The van der Waals surface area contributed by atoms with E-state index in [-0.39, 0.29) is 36.8 Å². The summed E-state index contributed by atoms with van der Waals surface area (Å²) in [5.41, 5.74) is 1.000. The van der Waals surface area contributed by atoms with Gasteiger partial charge >= 0.3 is 0 Å². The second-order valence-electron chi connectivity index (χ2n) is 5.60. The molecule has 1 saturated heterocycles. The van der Waals surface area contributed by atoms with Crippen molar-refractivity contribution in [2.75, 3.05) is 31.6 Å². The van der Waals surface area contributed by atoms with Gasteiger partial charge in [-0.2, -0.15) is 0 Å². The van der Waals surface area contributed by atoms with Gasteiger partial charge in [0.1, 0.15) is 11.6 Å². The van der Waals surface area contributed by atoms with E-state index in [0.717, 1.165) is 49.8 Å². The average Bonchev–Trinajstić information content (AvgIpc) is 2.45. The van der Waals surface area contributed by atoms with Crippen molar-refractivity contribution in [2.45, 2.75) is 39.2 Å². The number of carbonyl (C=O) groups is 1. The Morgan fingerprint density at radius 1 is 1.26 bits per heavy atom. The predicted molar refractivity (Wildman–Crippen MR) is 97.9 cm³/mol. The molecule has 1 aliphatic heterocycles. The molecule has 0 atom stereocenters. The number of hydrogen-bond donors (Lipinski definition) is 2. The maximum Gasteiger partial charge on any atom is 0.221 e. The van der Waals surface area contributed by atoms with Crippen molar-refractivity contribution < 1.29 is 4.79 Å². The molecule has 0 bridgehead atoms. The first kappa shape index (κ1) is 21.9. The van der Waals surface area contributed by atoms with E-state index in [1.165, 1.54) is 0 Å². The molecule has 1 aliphatic rings. The van der Waals surface area contributed by atoms with Crippen LogP contribution in [0.15, 0.2) is 6.07 Å². The van der Waals surface area contributed by atoms with Crippen molar-refractivity contribution in [1.82, 2.24) is 20.6 Å². The summed E-state index contributed by atoms with van der Waals surface area (Å²) in [6.07, 6.45) is 2.47. The molecule has 23 heavy (non-hydrogen) atoms. The molecule has 1 aromatic heterocycles. The summed E-state index contributed by atoms with van der Waals surface area (Å²) in [4.78, 5) is 22.8. The van der Waals surface area contributed by atoms with Gasteiger partial charge < -0.3 is 15.5 Å². The van der Waals surface area contributed by atoms with Gasteiger partial charge in [0.25, 0.3) is 0 Å². The van der Waals surface area contributed by atoms with Crippen molar-refractivity contribution in [3.05, 3.63) is 17.6 Å². The number of anilines is 1. The van der Waals surface area contributed by atoms with Gasteiger partial charge in [-0.25, -0.2) is 9.97 Å². The zero-order valence-corrected chi connectivity index (χ0v) is 15.6. The maximum absolute atomic E-state index is 11.7. The van der Waals surface area contributed by atoms with E-state index in [0.29, 0.717) is 6.42 Å². The summed E-state index contributed by atoms with van der Waals surface area (Å²) in [6, 6.07) is 2.31. The fourth-order valence-electron chi connectivity index (χ4n) is 2.65. The number of piperidine rings is 1. The Bertz CT molecular complexity index is 473. The van der Waals surface area contributed by atoms with E-state index in [4.69, 9.17) is 0 Å². The molecule has 0 radical (unpaired) electrons. The van der Waals surface area contributed by atoms with Crippen LogP contribution in [0.25, 0.3) is 0 Å². The molecule has 132 valence electrons. The van der Waals surface area contributed by atoms with Crippen LogP contribution in [0.3, 0.4) is 0 Å². The first-order valence-corrected chi connectivity index (χ1v) is 7.59. The number of nitrogens with one attached hydrogen (secondary N) is 2. The van der Waals surface area contributed by atoms with Crippen molar-refractivity contribution in [3.8, 4) is 0 Å². The number of nitrogens with zero attached hydrogens (tertiary/aromatic N) is 3. The quantitative estimate of drug-likeness (QED) is 0.831. The average molecular weight is 364 g/mol. The van der Waals surface area contributed by atoms with E-state index in [1.54, 1.807) is 0 Å². The summed E-state index contributed by atoms with van der Waals surface area (Å²) < 4.78 is 0. The van der Waals surface area contributed by atoms with Gasteiger partial charge in [-0.1, -0.05) is 0 Å². The molecule has 2 rings (SSSR count). The topological polar surface area (TPSA) is 70.2 Å². The Hall–Kier alpha value is -1.11. The third-order valence-electron chi connectivity index (χ3n) is 3.74. The van der Waals surface area contributed by atoms with Crippen LogP contribution < -0.4 is 15.5 Å². The van der Waals surface area contributed by atoms with Crippen molar-refractivity contribution >= 4 is 36.5 Å². The second kappa shape index (κ2) is 10.6. The molecule has 8 heteroatoms. The summed E-state index contributed by atoms with van der Waals surface area (Å²) in [5, 5.41) is 6.10. The van der Waals surface area contributed by atoms with Gasteiger partial charge in [0.2, 0.25) is 5.91 Å². The van der Waals surface area contributed by atoms with Crippen molar-refractivity contribution in [1.29, 1.82) is 0 Å². The minimum absolute atomic E-state index is 0. The molecule has 0 aliphatic carbocycles. The van der Waals surface area contributed by atoms with Gasteiger partial charge in [0, 0.05) is 43.9 Å². The standard InChI is InChI=1S/C15H25N5O.2ClH/c1-11-10-14(18-12(2)17-11)20-8-5-13(6-9-20)19-15(21)4-7-16-3;;/h10,13,16H,4-9H2,1-3H3,(H,19,21);2*1H. The zero-order chi connectivity index (χ0) is 15.2.